The van der Waals surface area contributed by atoms with E-state index in [4.69, 9.17) is 4.74 Å². The Bertz CT molecular complexity index is 862. The number of ether oxygens (including phenoxy) is 1. The van der Waals surface area contributed by atoms with Gasteiger partial charge in [0, 0.05) is 13.1 Å². The molecule has 0 aromatic heterocycles. The monoisotopic (exact) mass is 404 g/mol. The van der Waals surface area contributed by atoms with Crippen LogP contribution in [0.25, 0.3) is 0 Å². The van der Waals surface area contributed by atoms with Crippen LogP contribution in [0.1, 0.15) is 32.3 Å². The summed E-state index contributed by atoms with van der Waals surface area (Å²) in [5, 5.41) is 2.78. The third-order valence-electron chi connectivity index (χ3n) is 4.24. The SMILES string of the molecule is CCCCNC(=O)COc1ccc(N(CC)S(=O)(=O)c2ccc(C)cc2)cc1. The summed E-state index contributed by atoms with van der Waals surface area (Å²) in [7, 11) is -3.64. The van der Waals surface area contributed by atoms with Gasteiger partial charge in [0.15, 0.2) is 6.61 Å². The minimum absolute atomic E-state index is 0.0672. The molecular weight excluding hydrogens is 376 g/mol. The molecule has 0 fully saturated rings. The van der Waals surface area contributed by atoms with Crippen LogP contribution in [0.15, 0.2) is 53.4 Å². The number of amides is 1. The third kappa shape index (κ3) is 5.73. The Morgan fingerprint density at radius 3 is 2.25 bits per heavy atom. The second-order valence-electron chi connectivity index (χ2n) is 6.47. The average molecular weight is 405 g/mol. The minimum Gasteiger partial charge on any atom is -0.484 e. The van der Waals surface area contributed by atoms with Crippen molar-refractivity contribution in [2.24, 2.45) is 0 Å². The van der Waals surface area contributed by atoms with Crippen LogP contribution in [0.2, 0.25) is 0 Å². The first-order valence-electron chi connectivity index (χ1n) is 9.47. The van der Waals surface area contributed by atoms with Gasteiger partial charge in [-0.2, -0.15) is 0 Å². The van der Waals surface area contributed by atoms with Gasteiger partial charge in [0.25, 0.3) is 15.9 Å². The molecule has 0 unspecified atom stereocenters. The van der Waals surface area contributed by atoms with Crippen LogP contribution in [0.4, 0.5) is 5.69 Å². The van der Waals surface area contributed by atoms with Crippen LogP contribution in [-0.2, 0) is 14.8 Å². The topological polar surface area (TPSA) is 75.7 Å². The fourth-order valence-corrected chi connectivity index (χ4v) is 4.12. The molecule has 0 radical (unpaired) electrons. The summed E-state index contributed by atoms with van der Waals surface area (Å²) >= 11 is 0. The zero-order valence-corrected chi connectivity index (χ0v) is 17.5. The van der Waals surface area contributed by atoms with Crippen molar-refractivity contribution in [1.29, 1.82) is 0 Å². The maximum atomic E-state index is 12.9. The molecule has 1 N–H and O–H groups in total. The van der Waals surface area contributed by atoms with Crippen LogP contribution < -0.4 is 14.4 Å². The molecule has 2 rings (SSSR count). The van der Waals surface area contributed by atoms with E-state index in [2.05, 4.69) is 12.2 Å². The van der Waals surface area contributed by atoms with E-state index < -0.39 is 10.0 Å². The number of unbranched alkanes of at least 4 members (excludes halogenated alkanes) is 1. The van der Waals surface area contributed by atoms with E-state index in [0.29, 0.717) is 24.5 Å². The van der Waals surface area contributed by atoms with Crippen molar-refractivity contribution in [3.63, 3.8) is 0 Å². The standard InChI is InChI=1S/C21H28N2O4S/c1-4-6-15-22-21(24)16-27-19-11-9-18(10-12-19)23(5-2)28(25,26)20-13-7-17(3)8-14-20/h7-14H,4-6,15-16H2,1-3H3,(H,22,24). The van der Waals surface area contributed by atoms with Crippen molar-refractivity contribution < 1.29 is 17.9 Å². The fraction of sp³-hybridized carbons (Fsp3) is 0.381. The van der Waals surface area contributed by atoms with Crippen LogP contribution >= 0.6 is 0 Å². The zero-order valence-electron chi connectivity index (χ0n) is 16.6. The number of aryl methyl sites for hydroxylation is 1. The maximum Gasteiger partial charge on any atom is 0.264 e. The first kappa shape index (κ1) is 21.8. The lowest BCUT2D eigenvalue weighted by molar-refractivity contribution is -0.123. The van der Waals surface area contributed by atoms with E-state index in [-0.39, 0.29) is 17.4 Å². The van der Waals surface area contributed by atoms with Gasteiger partial charge in [-0.25, -0.2) is 8.42 Å². The highest BCUT2D eigenvalue weighted by atomic mass is 32.2. The number of nitrogens with one attached hydrogen (secondary N) is 1. The molecule has 0 aliphatic carbocycles. The number of hydrogen-bond acceptors (Lipinski definition) is 4. The van der Waals surface area contributed by atoms with Gasteiger partial charge in [-0.05, 0) is 56.7 Å². The van der Waals surface area contributed by atoms with E-state index in [1.54, 1.807) is 55.5 Å². The van der Waals surface area contributed by atoms with Crippen molar-refractivity contribution in [1.82, 2.24) is 5.32 Å². The van der Waals surface area contributed by atoms with Crippen LogP contribution in [0.3, 0.4) is 0 Å². The van der Waals surface area contributed by atoms with Crippen LogP contribution in [0.5, 0.6) is 5.75 Å². The van der Waals surface area contributed by atoms with Gasteiger partial charge in [-0.3, -0.25) is 9.10 Å². The number of nitrogens with zero attached hydrogens (tertiary/aromatic N) is 1. The summed E-state index contributed by atoms with van der Waals surface area (Å²) in [5.74, 6) is 0.341. The largest absolute Gasteiger partial charge is 0.484 e. The third-order valence-corrected chi connectivity index (χ3v) is 6.16. The van der Waals surface area contributed by atoms with Gasteiger partial charge in [-0.15, -0.1) is 0 Å². The van der Waals surface area contributed by atoms with Gasteiger partial charge < -0.3 is 10.1 Å². The van der Waals surface area contributed by atoms with Crippen LogP contribution in [0, 0.1) is 6.92 Å². The van der Waals surface area contributed by atoms with Crippen molar-refractivity contribution in [2.75, 3.05) is 24.0 Å². The smallest absolute Gasteiger partial charge is 0.264 e. The van der Waals surface area contributed by atoms with Crippen LogP contribution in [-0.4, -0.2) is 34.0 Å². The molecule has 2 aromatic carbocycles. The number of carbonyl (C=O) groups is 1. The Morgan fingerprint density at radius 2 is 1.68 bits per heavy atom. The number of benzene rings is 2. The summed E-state index contributed by atoms with van der Waals surface area (Å²) in [6, 6.07) is 13.5. The lowest BCUT2D eigenvalue weighted by Gasteiger charge is -2.23. The summed E-state index contributed by atoms with van der Waals surface area (Å²) in [6.07, 6.45) is 1.95. The molecule has 0 aliphatic rings. The molecular formula is C21H28N2O4S. The second-order valence-corrected chi connectivity index (χ2v) is 8.33. The van der Waals surface area contributed by atoms with Gasteiger partial charge >= 0.3 is 0 Å². The number of rotatable bonds is 10. The highest BCUT2D eigenvalue weighted by Gasteiger charge is 2.23. The highest BCUT2D eigenvalue weighted by Crippen LogP contribution is 2.25. The van der Waals surface area contributed by atoms with E-state index in [1.807, 2.05) is 6.92 Å². The van der Waals surface area contributed by atoms with Gasteiger partial charge in [0.1, 0.15) is 5.75 Å². The van der Waals surface area contributed by atoms with Crippen molar-refractivity contribution >= 4 is 21.6 Å². The number of sulfonamides is 1. The van der Waals surface area contributed by atoms with Gasteiger partial charge in [0.05, 0.1) is 10.6 Å². The molecule has 28 heavy (non-hydrogen) atoms. The summed E-state index contributed by atoms with van der Waals surface area (Å²) < 4.78 is 32.7. The predicted octanol–water partition coefficient (Wildman–Crippen LogP) is 3.51. The Morgan fingerprint density at radius 1 is 1.04 bits per heavy atom. The number of anilines is 1. The molecule has 0 atom stereocenters. The highest BCUT2D eigenvalue weighted by molar-refractivity contribution is 7.92. The Kier molecular flexibility index (Phi) is 7.87. The van der Waals surface area contributed by atoms with Crippen molar-refractivity contribution in [3.05, 3.63) is 54.1 Å². The molecule has 1 amide bonds. The molecule has 0 bridgehead atoms. The molecule has 2 aromatic rings. The molecule has 152 valence electrons. The molecule has 0 saturated heterocycles. The Hall–Kier alpha value is -2.54. The summed E-state index contributed by atoms with van der Waals surface area (Å²) in [5.41, 5.74) is 1.55. The summed E-state index contributed by atoms with van der Waals surface area (Å²) in [6.45, 7) is 6.63. The number of hydrogen-bond donors (Lipinski definition) is 1. The Balaban J connectivity index is 2.06. The van der Waals surface area contributed by atoms with Crippen molar-refractivity contribution in [2.45, 2.75) is 38.5 Å². The lowest BCUT2D eigenvalue weighted by Crippen LogP contribution is -2.31. The maximum absolute atomic E-state index is 12.9. The first-order chi connectivity index (χ1) is 13.4. The first-order valence-corrected chi connectivity index (χ1v) is 10.9. The zero-order chi connectivity index (χ0) is 20.6. The summed E-state index contributed by atoms with van der Waals surface area (Å²) in [4.78, 5) is 12.0. The van der Waals surface area contributed by atoms with E-state index in [9.17, 15) is 13.2 Å². The molecule has 7 heteroatoms. The van der Waals surface area contributed by atoms with Crippen molar-refractivity contribution in [3.8, 4) is 5.75 Å². The minimum atomic E-state index is -3.64. The van der Waals surface area contributed by atoms with Gasteiger partial charge in [0.2, 0.25) is 0 Å². The number of carbonyl (C=O) groups excluding carboxylic acids is 1. The molecule has 0 saturated carbocycles. The normalized spacial score (nSPS) is 11.1. The quantitative estimate of drug-likeness (QED) is 0.615. The van der Waals surface area contributed by atoms with E-state index >= 15 is 0 Å². The van der Waals surface area contributed by atoms with Gasteiger partial charge in [-0.1, -0.05) is 31.0 Å². The molecule has 0 heterocycles. The molecule has 0 aliphatic heterocycles. The van der Waals surface area contributed by atoms with E-state index in [1.165, 1.54) is 4.31 Å². The van der Waals surface area contributed by atoms with E-state index in [0.717, 1.165) is 18.4 Å². The second kappa shape index (κ2) is 10.1. The lowest BCUT2D eigenvalue weighted by atomic mass is 10.2. The Labute approximate surface area is 167 Å². The fourth-order valence-electron chi connectivity index (χ4n) is 2.64. The predicted molar refractivity (Wildman–Crippen MR) is 111 cm³/mol. The molecule has 0 spiro atoms. The average Bonchev–Trinajstić information content (AvgIpc) is 2.68. The molecule has 6 nitrogen and oxygen atoms in total.